The van der Waals surface area contributed by atoms with Crippen LogP contribution >= 0.6 is 0 Å². The molecule has 0 spiro atoms. The minimum Gasteiger partial charge on any atom is -0.481 e. The summed E-state index contributed by atoms with van der Waals surface area (Å²) in [5, 5.41) is 9.57. The summed E-state index contributed by atoms with van der Waals surface area (Å²) in [7, 11) is 0. The zero-order valence-electron chi connectivity index (χ0n) is 11.2. The molecule has 0 atom stereocenters. The molecule has 0 amide bonds. The number of hydrogen-bond donors (Lipinski definition) is 2. The van der Waals surface area contributed by atoms with Gasteiger partial charge < -0.3 is 15.7 Å². The van der Waals surface area contributed by atoms with Crippen LogP contribution in [-0.2, 0) is 4.79 Å². The van der Waals surface area contributed by atoms with Gasteiger partial charge in [-0.3, -0.25) is 4.79 Å². The first-order chi connectivity index (χ1) is 8.66. The molecule has 0 unspecified atom stereocenters. The minimum absolute atomic E-state index is 0.464. The van der Waals surface area contributed by atoms with Crippen molar-refractivity contribution in [1.82, 2.24) is 4.90 Å². The standard InChI is InChI=1S/C14H26N2O2/c15-10-12-4-8-16(9-5-12)11-14(13(17)18)6-2-1-3-7-14/h12H,1-11,15H2,(H,17,18). The highest BCUT2D eigenvalue weighted by molar-refractivity contribution is 5.75. The van der Waals surface area contributed by atoms with E-state index in [0.717, 1.165) is 64.7 Å². The zero-order chi connectivity index (χ0) is 13.0. The molecule has 2 fully saturated rings. The zero-order valence-corrected chi connectivity index (χ0v) is 11.2. The number of carboxylic acids is 1. The summed E-state index contributed by atoms with van der Waals surface area (Å²) in [5.74, 6) is 0.0662. The van der Waals surface area contributed by atoms with Crippen LogP contribution in [0.5, 0.6) is 0 Å². The van der Waals surface area contributed by atoms with Gasteiger partial charge in [0.15, 0.2) is 0 Å². The Kier molecular flexibility index (Phi) is 4.62. The molecule has 1 saturated carbocycles. The Hall–Kier alpha value is -0.610. The van der Waals surface area contributed by atoms with Crippen molar-refractivity contribution >= 4 is 5.97 Å². The Morgan fingerprint density at radius 2 is 1.83 bits per heavy atom. The molecule has 0 bridgehead atoms. The Balaban J connectivity index is 1.91. The van der Waals surface area contributed by atoms with Gasteiger partial charge in [-0.05, 0) is 51.2 Å². The molecule has 1 saturated heterocycles. The quantitative estimate of drug-likeness (QED) is 0.801. The van der Waals surface area contributed by atoms with Gasteiger partial charge in [0.2, 0.25) is 0 Å². The minimum atomic E-state index is -0.580. The fourth-order valence-electron chi connectivity index (χ4n) is 3.48. The molecule has 1 aliphatic heterocycles. The van der Waals surface area contributed by atoms with Gasteiger partial charge in [-0.2, -0.15) is 0 Å². The molecule has 2 aliphatic rings. The highest BCUT2D eigenvalue weighted by Gasteiger charge is 2.41. The second kappa shape index (κ2) is 6.02. The van der Waals surface area contributed by atoms with Crippen molar-refractivity contribution in [3.05, 3.63) is 0 Å². The summed E-state index contributed by atoms with van der Waals surface area (Å²) < 4.78 is 0. The van der Waals surface area contributed by atoms with Gasteiger partial charge in [0, 0.05) is 6.54 Å². The first kappa shape index (κ1) is 13.8. The summed E-state index contributed by atoms with van der Waals surface area (Å²) in [6.07, 6.45) is 7.33. The smallest absolute Gasteiger partial charge is 0.310 e. The Labute approximate surface area is 110 Å². The number of aliphatic carboxylic acids is 1. The summed E-state index contributed by atoms with van der Waals surface area (Å²) in [4.78, 5) is 14.0. The van der Waals surface area contributed by atoms with Crippen molar-refractivity contribution in [3.63, 3.8) is 0 Å². The maximum absolute atomic E-state index is 11.6. The van der Waals surface area contributed by atoms with E-state index in [2.05, 4.69) is 4.90 Å². The predicted octanol–water partition coefficient (Wildman–Crippen LogP) is 1.69. The first-order valence-corrected chi connectivity index (χ1v) is 7.32. The second-order valence-corrected chi connectivity index (χ2v) is 6.10. The van der Waals surface area contributed by atoms with Crippen molar-refractivity contribution in [3.8, 4) is 0 Å². The molecule has 0 aromatic rings. The van der Waals surface area contributed by atoms with Crippen molar-refractivity contribution in [1.29, 1.82) is 0 Å². The fourth-order valence-corrected chi connectivity index (χ4v) is 3.48. The van der Waals surface area contributed by atoms with E-state index < -0.39 is 11.4 Å². The Bertz CT molecular complexity index is 280. The maximum Gasteiger partial charge on any atom is 0.310 e. The number of carboxylic acid groups (broad SMARTS) is 1. The van der Waals surface area contributed by atoms with Gasteiger partial charge in [0.1, 0.15) is 0 Å². The lowest BCUT2D eigenvalue weighted by molar-refractivity contribution is -0.152. The van der Waals surface area contributed by atoms with Crippen LogP contribution in [0.25, 0.3) is 0 Å². The third kappa shape index (κ3) is 3.04. The molecule has 2 rings (SSSR count). The van der Waals surface area contributed by atoms with Gasteiger partial charge in [0.25, 0.3) is 0 Å². The largest absolute Gasteiger partial charge is 0.481 e. The third-order valence-electron chi connectivity index (χ3n) is 4.83. The van der Waals surface area contributed by atoms with Crippen LogP contribution < -0.4 is 5.73 Å². The van der Waals surface area contributed by atoms with Gasteiger partial charge in [-0.1, -0.05) is 19.3 Å². The second-order valence-electron chi connectivity index (χ2n) is 6.10. The van der Waals surface area contributed by atoms with Crippen LogP contribution in [0, 0.1) is 11.3 Å². The number of carbonyl (C=O) groups is 1. The van der Waals surface area contributed by atoms with Crippen LogP contribution in [-0.4, -0.2) is 42.2 Å². The van der Waals surface area contributed by atoms with Crippen molar-refractivity contribution in [2.75, 3.05) is 26.2 Å². The topological polar surface area (TPSA) is 66.6 Å². The number of hydrogen-bond acceptors (Lipinski definition) is 3. The van der Waals surface area contributed by atoms with Crippen LogP contribution in [0.2, 0.25) is 0 Å². The summed E-state index contributed by atoms with van der Waals surface area (Å²) in [5.41, 5.74) is 5.23. The SMILES string of the molecule is NCC1CCN(CC2(C(=O)O)CCCCC2)CC1. The molecule has 1 heterocycles. The number of nitrogens with two attached hydrogens (primary N) is 1. The summed E-state index contributed by atoms with van der Waals surface area (Å²) in [6.45, 7) is 3.57. The summed E-state index contributed by atoms with van der Waals surface area (Å²) in [6, 6.07) is 0. The van der Waals surface area contributed by atoms with Gasteiger partial charge in [0.05, 0.1) is 5.41 Å². The van der Waals surface area contributed by atoms with E-state index in [1.54, 1.807) is 0 Å². The Morgan fingerprint density at radius 3 is 2.33 bits per heavy atom. The lowest BCUT2D eigenvalue weighted by Gasteiger charge is -2.40. The normalized spacial score (nSPS) is 26.1. The van der Waals surface area contributed by atoms with Gasteiger partial charge in [-0.15, -0.1) is 0 Å². The first-order valence-electron chi connectivity index (χ1n) is 7.32. The number of rotatable bonds is 4. The lowest BCUT2D eigenvalue weighted by atomic mass is 9.73. The van der Waals surface area contributed by atoms with E-state index in [1.807, 2.05) is 0 Å². The molecule has 4 nitrogen and oxygen atoms in total. The van der Waals surface area contributed by atoms with Crippen LogP contribution in [0.15, 0.2) is 0 Å². The summed E-state index contributed by atoms with van der Waals surface area (Å²) >= 11 is 0. The van der Waals surface area contributed by atoms with Crippen molar-refractivity contribution < 1.29 is 9.90 Å². The average molecular weight is 254 g/mol. The molecular formula is C14H26N2O2. The van der Waals surface area contributed by atoms with E-state index in [0.29, 0.717) is 5.92 Å². The number of piperidine rings is 1. The molecule has 1 aliphatic carbocycles. The number of likely N-dealkylation sites (tertiary alicyclic amines) is 1. The van der Waals surface area contributed by atoms with E-state index in [-0.39, 0.29) is 0 Å². The predicted molar refractivity (Wildman–Crippen MR) is 71.4 cm³/mol. The van der Waals surface area contributed by atoms with Crippen LogP contribution in [0.3, 0.4) is 0 Å². The molecule has 3 N–H and O–H groups in total. The molecule has 18 heavy (non-hydrogen) atoms. The highest BCUT2D eigenvalue weighted by Crippen LogP contribution is 2.38. The van der Waals surface area contributed by atoms with E-state index in [9.17, 15) is 9.90 Å². The fraction of sp³-hybridized carbons (Fsp3) is 0.929. The molecular weight excluding hydrogens is 228 g/mol. The van der Waals surface area contributed by atoms with Crippen molar-refractivity contribution in [2.45, 2.75) is 44.9 Å². The average Bonchev–Trinajstić information content (AvgIpc) is 2.40. The Morgan fingerprint density at radius 1 is 1.22 bits per heavy atom. The molecule has 0 aromatic carbocycles. The molecule has 0 aromatic heterocycles. The van der Waals surface area contributed by atoms with Crippen LogP contribution in [0.1, 0.15) is 44.9 Å². The van der Waals surface area contributed by atoms with Crippen LogP contribution in [0.4, 0.5) is 0 Å². The monoisotopic (exact) mass is 254 g/mol. The van der Waals surface area contributed by atoms with E-state index in [1.165, 1.54) is 6.42 Å². The molecule has 104 valence electrons. The molecule has 4 heteroatoms. The van der Waals surface area contributed by atoms with Crippen molar-refractivity contribution in [2.24, 2.45) is 17.1 Å². The van der Waals surface area contributed by atoms with Gasteiger partial charge in [-0.25, -0.2) is 0 Å². The maximum atomic E-state index is 11.6. The highest BCUT2D eigenvalue weighted by atomic mass is 16.4. The number of nitrogens with zero attached hydrogens (tertiary/aromatic N) is 1. The van der Waals surface area contributed by atoms with Gasteiger partial charge >= 0.3 is 5.97 Å². The van der Waals surface area contributed by atoms with E-state index in [4.69, 9.17) is 5.73 Å². The molecule has 0 radical (unpaired) electrons. The lowest BCUT2D eigenvalue weighted by Crippen LogP contribution is -2.47. The third-order valence-corrected chi connectivity index (χ3v) is 4.83. The van der Waals surface area contributed by atoms with E-state index >= 15 is 0 Å².